The molecule has 78 valence electrons. The van der Waals surface area contributed by atoms with Crippen LogP contribution >= 0.6 is 0 Å². The van der Waals surface area contributed by atoms with Gasteiger partial charge in [-0.3, -0.25) is 0 Å². The monoisotopic (exact) mass is 195 g/mol. The van der Waals surface area contributed by atoms with Gasteiger partial charge in [0.05, 0.1) is 13.2 Å². The van der Waals surface area contributed by atoms with Crippen LogP contribution in [0.5, 0.6) is 5.75 Å². The number of para-hydroxylation sites is 1. The zero-order valence-corrected chi connectivity index (χ0v) is 8.66. The first-order chi connectivity index (χ1) is 6.79. The van der Waals surface area contributed by atoms with Crippen molar-refractivity contribution in [1.82, 2.24) is 5.32 Å². The number of nitrogens with one attached hydrogen (secondary N) is 1. The highest BCUT2D eigenvalue weighted by molar-refractivity contribution is 5.34. The first-order valence-corrected chi connectivity index (χ1v) is 4.75. The molecule has 0 unspecified atom stereocenters. The first kappa shape index (κ1) is 11.0. The summed E-state index contributed by atoms with van der Waals surface area (Å²) in [5.74, 6) is 0.746. The predicted octanol–water partition coefficient (Wildman–Crippen LogP) is 1.34. The number of aliphatic hydroxyl groups is 1. The number of methoxy groups -OCH3 is 1. The van der Waals surface area contributed by atoms with Gasteiger partial charge < -0.3 is 15.2 Å². The van der Waals surface area contributed by atoms with E-state index in [4.69, 9.17) is 4.74 Å². The standard InChI is InChI=1S/C11H17NO2/c1-12-8-7-10(13)9-5-3-4-6-11(9)14-2/h3-6,10,12-13H,7-8H2,1-2H3/t10-/m0/s1. The van der Waals surface area contributed by atoms with E-state index in [9.17, 15) is 5.11 Å². The quantitative estimate of drug-likeness (QED) is 0.745. The van der Waals surface area contributed by atoms with Gasteiger partial charge in [-0.15, -0.1) is 0 Å². The number of ether oxygens (including phenoxy) is 1. The van der Waals surface area contributed by atoms with Crippen LogP contribution in [0.2, 0.25) is 0 Å². The van der Waals surface area contributed by atoms with Crippen LogP contribution in [0.3, 0.4) is 0 Å². The van der Waals surface area contributed by atoms with Gasteiger partial charge in [0, 0.05) is 5.56 Å². The van der Waals surface area contributed by atoms with Crippen LogP contribution in [-0.4, -0.2) is 25.8 Å². The summed E-state index contributed by atoms with van der Waals surface area (Å²) in [7, 11) is 3.48. The summed E-state index contributed by atoms with van der Waals surface area (Å²) in [4.78, 5) is 0. The van der Waals surface area contributed by atoms with Gasteiger partial charge in [-0.25, -0.2) is 0 Å². The Morgan fingerprint density at radius 1 is 1.43 bits per heavy atom. The van der Waals surface area contributed by atoms with Gasteiger partial charge in [0.15, 0.2) is 0 Å². The van der Waals surface area contributed by atoms with E-state index < -0.39 is 6.10 Å². The van der Waals surface area contributed by atoms with Gasteiger partial charge in [0.2, 0.25) is 0 Å². The normalized spacial score (nSPS) is 12.5. The SMILES string of the molecule is CNCC[C@H](O)c1ccccc1OC. The van der Waals surface area contributed by atoms with Crippen molar-refractivity contribution < 1.29 is 9.84 Å². The van der Waals surface area contributed by atoms with Crippen LogP contribution in [0.4, 0.5) is 0 Å². The van der Waals surface area contributed by atoms with Crippen molar-refractivity contribution in [3.63, 3.8) is 0 Å². The molecule has 0 amide bonds. The van der Waals surface area contributed by atoms with E-state index in [2.05, 4.69) is 5.32 Å². The molecule has 0 radical (unpaired) electrons. The molecule has 1 aromatic carbocycles. The fourth-order valence-corrected chi connectivity index (χ4v) is 1.38. The molecule has 3 nitrogen and oxygen atoms in total. The number of aliphatic hydroxyl groups excluding tert-OH is 1. The lowest BCUT2D eigenvalue weighted by Gasteiger charge is -2.14. The maximum atomic E-state index is 9.84. The first-order valence-electron chi connectivity index (χ1n) is 4.75. The van der Waals surface area contributed by atoms with E-state index in [1.165, 1.54) is 0 Å². The highest BCUT2D eigenvalue weighted by Gasteiger charge is 2.11. The van der Waals surface area contributed by atoms with Crippen molar-refractivity contribution in [1.29, 1.82) is 0 Å². The zero-order chi connectivity index (χ0) is 10.4. The van der Waals surface area contributed by atoms with Gasteiger partial charge in [-0.2, -0.15) is 0 Å². The molecule has 0 aliphatic rings. The molecule has 0 bridgehead atoms. The maximum Gasteiger partial charge on any atom is 0.124 e. The summed E-state index contributed by atoms with van der Waals surface area (Å²) in [5, 5.41) is 12.8. The lowest BCUT2D eigenvalue weighted by Crippen LogP contribution is -2.12. The molecule has 0 spiro atoms. The molecule has 1 atom stereocenters. The summed E-state index contributed by atoms with van der Waals surface area (Å²) in [6.07, 6.45) is 0.232. The summed E-state index contributed by atoms with van der Waals surface area (Å²) in [5.41, 5.74) is 0.852. The second kappa shape index (κ2) is 5.62. The Bertz CT molecular complexity index is 276. The summed E-state index contributed by atoms with van der Waals surface area (Å²) in [6.45, 7) is 0.791. The zero-order valence-electron chi connectivity index (χ0n) is 8.66. The van der Waals surface area contributed by atoms with E-state index in [1.54, 1.807) is 7.11 Å². The van der Waals surface area contributed by atoms with Crippen LogP contribution in [0, 0.1) is 0 Å². The fourth-order valence-electron chi connectivity index (χ4n) is 1.38. The van der Waals surface area contributed by atoms with Gasteiger partial charge >= 0.3 is 0 Å². The van der Waals surface area contributed by atoms with Crippen LogP contribution in [0.1, 0.15) is 18.1 Å². The number of rotatable bonds is 5. The number of hydrogen-bond donors (Lipinski definition) is 2. The number of hydrogen-bond acceptors (Lipinski definition) is 3. The summed E-state index contributed by atoms with van der Waals surface area (Å²) in [6, 6.07) is 7.55. The minimum absolute atomic E-state index is 0.460. The Morgan fingerprint density at radius 2 is 2.14 bits per heavy atom. The molecule has 0 aliphatic heterocycles. The second-order valence-corrected chi connectivity index (χ2v) is 3.15. The highest BCUT2D eigenvalue weighted by Crippen LogP contribution is 2.26. The Balaban J connectivity index is 2.72. The lowest BCUT2D eigenvalue weighted by molar-refractivity contribution is 0.163. The average Bonchev–Trinajstić information content (AvgIpc) is 2.25. The second-order valence-electron chi connectivity index (χ2n) is 3.15. The van der Waals surface area contributed by atoms with Crippen molar-refractivity contribution >= 4 is 0 Å². The van der Waals surface area contributed by atoms with Crippen LogP contribution in [-0.2, 0) is 0 Å². The molecule has 3 heteroatoms. The molecular weight excluding hydrogens is 178 g/mol. The van der Waals surface area contributed by atoms with Gasteiger partial charge in [-0.1, -0.05) is 18.2 Å². The van der Waals surface area contributed by atoms with Gasteiger partial charge in [0.25, 0.3) is 0 Å². The fraction of sp³-hybridized carbons (Fsp3) is 0.455. The third-order valence-electron chi connectivity index (χ3n) is 2.17. The molecule has 0 aliphatic carbocycles. The molecule has 1 aromatic rings. The summed E-state index contributed by atoms with van der Waals surface area (Å²) < 4.78 is 5.17. The van der Waals surface area contributed by atoms with E-state index in [1.807, 2.05) is 31.3 Å². The Labute approximate surface area is 84.7 Å². The van der Waals surface area contributed by atoms with Crippen molar-refractivity contribution in [3.8, 4) is 5.75 Å². The summed E-state index contributed by atoms with van der Waals surface area (Å²) >= 11 is 0. The molecule has 14 heavy (non-hydrogen) atoms. The van der Waals surface area contributed by atoms with Crippen molar-refractivity contribution in [2.45, 2.75) is 12.5 Å². The lowest BCUT2D eigenvalue weighted by atomic mass is 10.1. The van der Waals surface area contributed by atoms with Gasteiger partial charge in [-0.05, 0) is 26.1 Å². The third-order valence-corrected chi connectivity index (χ3v) is 2.17. The molecule has 0 fully saturated rings. The molecule has 0 aromatic heterocycles. The van der Waals surface area contributed by atoms with E-state index >= 15 is 0 Å². The third kappa shape index (κ3) is 2.72. The smallest absolute Gasteiger partial charge is 0.124 e. The minimum atomic E-state index is -0.460. The molecular formula is C11H17NO2. The minimum Gasteiger partial charge on any atom is -0.496 e. The predicted molar refractivity (Wildman–Crippen MR) is 56.5 cm³/mol. The van der Waals surface area contributed by atoms with E-state index in [0.717, 1.165) is 17.9 Å². The molecule has 1 rings (SSSR count). The Hall–Kier alpha value is -1.06. The van der Waals surface area contributed by atoms with Crippen molar-refractivity contribution in [3.05, 3.63) is 29.8 Å². The number of benzene rings is 1. The van der Waals surface area contributed by atoms with Crippen LogP contribution in [0.25, 0.3) is 0 Å². The largest absolute Gasteiger partial charge is 0.496 e. The average molecular weight is 195 g/mol. The molecule has 0 saturated heterocycles. The Morgan fingerprint density at radius 3 is 2.79 bits per heavy atom. The highest BCUT2D eigenvalue weighted by atomic mass is 16.5. The molecule has 0 heterocycles. The van der Waals surface area contributed by atoms with Crippen LogP contribution < -0.4 is 10.1 Å². The molecule has 2 N–H and O–H groups in total. The van der Waals surface area contributed by atoms with Crippen molar-refractivity contribution in [2.24, 2.45) is 0 Å². The van der Waals surface area contributed by atoms with E-state index in [-0.39, 0.29) is 0 Å². The van der Waals surface area contributed by atoms with Crippen molar-refractivity contribution in [2.75, 3.05) is 20.7 Å². The van der Waals surface area contributed by atoms with Gasteiger partial charge in [0.1, 0.15) is 5.75 Å². The van der Waals surface area contributed by atoms with Crippen LogP contribution in [0.15, 0.2) is 24.3 Å². The molecule has 0 saturated carbocycles. The Kier molecular flexibility index (Phi) is 4.43. The van der Waals surface area contributed by atoms with E-state index in [0.29, 0.717) is 6.42 Å². The maximum absolute atomic E-state index is 9.84. The topological polar surface area (TPSA) is 41.5 Å².